The van der Waals surface area contributed by atoms with Crippen molar-refractivity contribution < 1.29 is 4.74 Å². The first-order valence-electron chi connectivity index (χ1n) is 6.14. The number of aromatic nitrogens is 1. The molecular weight excluding hydrogens is 260 g/mol. The minimum Gasteiger partial charge on any atom is -0.438 e. The summed E-state index contributed by atoms with van der Waals surface area (Å²) in [6.45, 7) is 4.74. The van der Waals surface area contributed by atoms with Crippen molar-refractivity contribution in [3.63, 3.8) is 0 Å². The first kappa shape index (κ1) is 13.8. The smallest absolute Gasteiger partial charge is 0.219 e. The van der Waals surface area contributed by atoms with Gasteiger partial charge in [-0.2, -0.15) is 0 Å². The molecule has 1 aromatic heterocycles. The van der Waals surface area contributed by atoms with E-state index in [0.717, 1.165) is 34.0 Å². The Morgan fingerprint density at radius 1 is 1.21 bits per heavy atom. The number of rotatable bonds is 4. The quantitative estimate of drug-likeness (QED) is 0.921. The fourth-order valence-corrected chi connectivity index (χ4v) is 2.31. The monoisotopic (exact) mass is 276 g/mol. The Morgan fingerprint density at radius 3 is 2.53 bits per heavy atom. The lowest BCUT2D eigenvalue weighted by Gasteiger charge is -2.12. The summed E-state index contributed by atoms with van der Waals surface area (Å²) in [5.74, 6) is 1.42. The Morgan fingerprint density at radius 2 is 1.89 bits per heavy atom. The molecule has 100 valence electrons. The van der Waals surface area contributed by atoms with Crippen LogP contribution >= 0.6 is 11.6 Å². The molecule has 0 fully saturated rings. The predicted molar refractivity (Wildman–Crippen MR) is 78.0 cm³/mol. The molecule has 2 aromatic rings. The zero-order chi connectivity index (χ0) is 13.8. The number of benzene rings is 1. The fourth-order valence-electron chi connectivity index (χ4n) is 1.98. The van der Waals surface area contributed by atoms with Gasteiger partial charge in [-0.1, -0.05) is 11.6 Å². The molecule has 19 heavy (non-hydrogen) atoms. The van der Waals surface area contributed by atoms with E-state index >= 15 is 0 Å². The van der Waals surface area contributed by atoms with Crippen LogP contribution in [-0.2, 0) is 6.54 Å². The largest absolute Gasteiger partial charge is 0.438 e. The zero-order valence-electron chi connectivity index (χ0n) is 11.3. The van der Waals surface area contributed by atoms with Gasteiger partial charge in [-0.05, 0) is 55.8 Å². The van der Waals surface area contributed by atoms with Crippen LogP contribution in [0, 0.1) is 13.8 Å². The summed E-state index contributed by atoms with van der Waals surface area (Å²) < 4.78 is 5.88. The summed E-state index contributed by atoms with van der Waals surface area (Å²) in [5, 5.41) is 3.83. The number of nitrogens with one attached hydrogen (secondary N) is 1. The van der Waals surface area contributed by atoms with Gasteiger partial charge in [0.1, 0.15) is 5.75 Å². The lowest BCUT2D eigenvalue weighted by molar-refractivity contribution is 0.455. The molecule has 0 radical (unpaired) electrons. The Bertz CT molecular complexity index is 561. The number of hydrogen-bond donors (Lipinski definition) is 1. The average Bonchev–Trinajstić information content (AvgIpc) is 2.35. The number of halogens is 1. The van der Waals surface area contributed by atoms with Crippen LogP contribution in [0.5, 0.6) is 11.6 Å². The number of pyridine rings is 1. The van der Waals surface area contributed by atoms with E-state index in [1.54, 1.807) is 6.20 Å². The van der Waals surface area contributed by atoms with Gasteiger partial charge in [-0.3, -0.25) is 0 Å². The van der Waals surface area contributed by atoms with Gasteiger partial charge < -0.3 is 10.1 Å². The van der Waals surface area contributed by atoms with Gasteiger partial charge in [0.15, 0.2) is 0 Å². The molecule has 1 aromatic carbocycles. The highest BCUT2D eigenvalue weighted by Gasteiger charge is 2.08. The maximum absolute atomic E-state index is 6.01. The molecular formula is C15H17ClN2O. The summed E-state index contributed by atoms with van der Waals surface area (Å²) in [6, 6.07) is 7.68. The third-order valence-corrected chi connectivity index (χ3v) is 3.03. The van der Waals surface area contributed by atoms with Crippen molar-refractivity contribution in [1.29, 1.82) is 0 Å². The number of ether oxygens (including phenoxy) is 1. The number of aryl methyl sites for hydroxylation is 2. The summed E-state index contributed by atoms with van der Waals surface area (Å²) in [7, 11) is 1.91. The standard InChI is InChI=1S/C15H17ClN2O/c1-10-6-13(16)7-11(2)15(10)19-14-8-12(9-17-3)4-5-18-14/h4-8,17H,9H2,1-3H3. The Hall–Kier alpha value is -1.58. The first-order chi connectivity index (χ1) is 9.10. The van der Waals surface area contributed by atoms with E-state index in [1.807, 2.05) is 45.2 Å². The lowest BCUT2D eigenvalue weighted by Crippen LogP contribution is -2.05. The molecule has 4 heteroatoms. The Balaban J connectivity index is 2.28. The van der Waals surface area contributed by atoms with Crippen molar-refractivity contribution >= 4 is 11.6 Å². The van der Waals surface area contributed by atoms with Crippen molar-refractivity contribution in [3.05, 3.63) is 52.2 Å². The van der Waals surface area contributed by atoms with Crippen LogP contribution in [0.25, 0.3) is 0 Å². The highest BCUT2D eigenvalue weighted by Crippen LogP contribution is 2.30. The van der Waals surface area contributed by atoms with Gasteiger partial charge in [0.25, 0.3) is 0 Å². The van der Waals surface area contributed by atoms with Crippen LogP contribution in [-0.4, -0.2) is 12.0 Å². The fraction of sp³-hybridized carbons (Fsp3) is 0.267. The third-order valence-electron chi connectivity index (χ3n) is 2.81. The Kier molecular flexibility index (Phi) is 4.40. The summed E-state index contributed by atoms with van der Waals surface area (Å²) in [4.78, 5) is 4.24. The lowest BCUT2D eigenvalue weighted by atomic mass is 10.1. The molecule has 1 heterocycles. The average molecular weight is 277 g/mol. The molecule has 0 unspecified atom stereocenters. The van der Waals surface area contributed by atoms with E-state index < -0.39 is 0 Å². The Labute approximate surface area is 118 Å². The van der Waals surface area contributed by atoms with Gasteiger partial charge in [-0.25, -0.2) is 4.98 Å². The van der Waals surface area contributed by atoms with Crippen molar-refractivity contribution in [2.75, 3.05) is 7.05 Å². The van der Waals surface area contributed by atoms with Gasteiger partial charge >= 0.3 is 0 Å². The van der Waals surface area contributed by atoms with E-state index in [9.17, 15) is 0 Å². The van der Waals surface area contributed by atoms with Gasteiger partial charge in [0.05, 0.1) is 0 Å². The highest BCUT2D eigenvalue weighted by atomic mass is 35.5. The predicted octanol–water partition coefficient (Wildman–Crippen LogP) is 3.86. The van der Waals surface area contributed by atoms with Crippen molar-refractivity contribution in [1.82, 2.24) is 10.3 Å². The molecule has 0 amide bonds. The van der Waals surface area contributed by atoms with E-state index in [1.165, 1.54) is 0 Å². The minimum atomic E-state index is 0.598. The summed E-state index contributed by atoms with van der Waals surface area (Å²) in [5.41, 5.74) is 3.15. The second-order valence-electron chi connectivity index (χ2n) is 4.50. The molecule has 0 aliphatic carbocycles. The SMILES string of the molecule is CNCc1ccnc(Oc2c(C)cc(Cl)cc2C)c1. The van der Waals surface area contributed by atoms with Gasteiger partial charge in [0, 0.05) is 23.8 Å². The van der Waals surface area contributed by atoms with Crippen molar-refractivity contribution in [2.24, 2.45) is 0 Å². The first-order valence-corrected chi connectivity index (χ1v) is 6.52. The molecule has 0 saturated carbocycles. The van der Waals surface area contributed by atoms with Crippen LogP contribution in [0.4, 0.5) is 0 Å². The number of hydrogen-bond acceptors (Lipinski definition) is 3. The molecule has 0 bridgehead atoms. The van der Waals surface area contributed by atoms with E-state index in [2.05, 4.69) is 10.3 Å². The summed E-state index contributed by atoms with van der Waals surface area (Å²) in [6.07, 6.45) is 1.75. The normalized spacial score (nSPS) is 10.5. The molecule has 0 saturated heterocycles. The van der Waals surface area contributed by atoms with Crippen molar-refractivity contribution in [2.45, 2.75) is 20.4 Å². The second-order valence-corrected chi connectivity index (χ2v) is 4.94. The molecule has 2 rings (SSSR count). The maximum atomic E-state index is 6.01. The second kappa shape index (κ2) is 6.04. The number of nitrogens with zero attached hydrogens (tertiary/aromatic N) is 1. The van der Waals surface area contributed by atoms with Crippen LogP contribution in [0.15, 0.2) is 30.5 Å². The van der Waals surface area contributed by atoms with E-state index in [0.29, 0.717) is 5.88 Å². The topological polar surface area (TPSA) is 34.2 Å². The third kappa shape index (κ3) is 3.46. The van der Waals surface area contributed by atoms with Crippen LogP contribution in [0.2, 0.25) is 5.02 Å². The zero-order valence-corrected chi connectivity index (χ0v) is 12.1. The molecule has 1 N–H and O–H groups in total. The van der Waals surface area contributed by atoms with Crippen LogP contribution < -0.4 is 10.1 Å². The molecule has 0 aliphatic heterocycles. The van der Waals surface area contributed by atoms with Gasteiger partial charge in [0.2, 0.25) is 5.88 Å². The summed E-state index contributed by atoms with van der Waals surface area (Å²) >= 11 is 6.01. The van der Waals surface area contributed by atoms with Crippen LogP contribution in [0.3, 0.4) is 0 Å². The maximum Gasteiger partial charge on any atom is 0.219 e. The van der Waals surface area contributed by atoms with E-state index in [-0.39, 0.29) is 0 Å². The van der Waals surface area contributed by atoms with Crippen LogP contribution in [0.1, 0.15) is 16.7 Å². The highest BCUT2D eigenvalue weighted by molar-refractivity contribution is 6.30. The molecule has 0 atom stereocenters. The van der Waals surface area contributed by atoms with E-state index in [4.69, 9.17) is 16.3 Å². The van der Waals surface area contributed by atoms with Crippen molar-refractivity contribution in [3.8, 4) is 11.6 Å². The molecule has 3 nitrogen and oxygen atoms in total. The molecule has 0 spiro atoms. The molecule has 0 aliphatic rings. The minimum absolute atomic E-state index is 0.598. The van der Waals surface area contributed by atoms with Gasteiger partial charge in [-0.15, -0.1) is 0 Å².